The summed E-state index contributed by atoms with van der Waals surface area (Å²) in [5, 5.41) is 13.8. The maximum Gasteiger partial charge on any atom is 0.255 e. The Kier molecular flexibility index (Phi) is 4.13. The highest BCUT2D eigenvalue weighted by molar-refractivity contribution is 6.05. The van der Waals surface area contributed by atoms with Gasteiger partial charge in [0.2, 0.25) is 0 Å². The van der Waals surface area contributed by atoms with Gasteiger partial charge in [0.25, 0.3) is 5.91 Å². The van der Waals surface area contributed by atoms with E-state index >= 15 is 0 Å². The predicted molar refractivity (Wildman–Crippen MR) is 73.3 cm³/mol. The van der Waals surface area contributed by atoms with Crippen LogP contribution in [0.2, 0.25) is 0 Å². The molecule has 0 aliphatic rings. The molecule has 4 N–H and O–H groups in total. The number of hydrogen-bond donors (Lipinski definition) is 3. The Morgan fingerprint density at radius 1 is 1.14 bits per heavy atom. The van der Waals surface area contributed by atoms with Crippen molar-refractivity contribution in [1.82, 2.24) is 0 Å². The van der Waals surface area contributed by atoms with Gasteiger partial charge in [-0.15, -0.1) is 0 Å². The van der Waals surface area contributed by atoms with Crippen molar-refractivity contribution in [1.29, 1.82) is 0 Å². The third-order valence-corrected chi connectivity index (χ3v) is 2.71. The number of hydrogen-bond acceptors (Lipinski definition) is 3. The zero-order valence-corrected chi connectivity index (χ0v) is 10.7. The quantitative estimate of drug-likeness (QED) is 0.351. The predicted octanol–water partition coefficient (Wildman–Crippen LogP) is 2.31. The van der Waals surface area contributed by atoms with Crippen LogP contribution in [0.4, 0.5) is 14.5 Å². The fourth-order valence-electron chi connectivity index (χ4n) is 1.66. The molecule has 0 unspecified atom stereocenters. The molecule has 0 aromatic heterocycles. The fraction of sp³-hybridized carbons (Fsp3) is 0. The average Bonchev–Trinajstić information content (AvgIpc) is 2.49. The number of anilines is 1. The number of amidine groups is 1. The zero-order valence-electron chi connectivity index (χ0n) is 10.7. The van der Waals surface area contributed by atoms with Gasteiger partial charge in [-0.25, -0.2) is 8.78 Å². The van der Waals surface area contributed by atoms with Gasteiger partial charge in [0.05, 0.1) is 5.56 Å². The summed E-state index contributed by atoms with van der Waals surface area (Å²) < 4.78 is 26.3. The Hall–Kier alpha value is -2.96. The molecule has 0 saturated heterocycles. The number of halogens is 2. The van der Waals surface area contributed by atoms with Crippen LogP contribution in [0.5, 0.6) is 0 Å². The fourth-order valence-corrected chi connectivity index (χ4v) is 1.66. The van der Waals surface area contributed by atoms with Gasteiger partial charge >= 0.3 is 0 Å². The zero-order chi connectivity index (χ0) is 15.4. The third-order valence-electron chi connectivity index (χ3n) is 2.71. The molecule has 7 heteroatoms. The molecule has 0 aliphatic heterocycles. The molecule has 5 nitrogen and oxygen atoms in total. The van der Waals surface area contributed by atoms with Gasteiger partial charge in [0.15, 0.2) is 5.84 Å². The molecule has 0 bridgehead atoms. The number of nitrogens with one attached hydrogen (secondary N) is 1. The van der Waals surface area contributed by atoms with Gasteiger partial charge in [-0.3, -0.25) is 4.79 Å². The molecule has 1 amide bonds. The maximum atomic E-state index is 13.5. The number of nitrogens with zero attached hydrogens (tertiary/aromatic N) is 1. The number of carbonyl (C=O) groups excluding carboxylic acids is 1. The van der Waals surface area contributed by atoms with E-state index < -0.39 is 23.4 Å². The second-order valence-electron chi connectivity index (χ2n) is 4.14. The molecule has 2 rings (SSSR count). The lowest BCUT2D eigenvalue weighted by Crippen LogP contribution is -2.17. The third kappa shape index (κ3) is 3.33. The highest BCUT2D eigenvalue weighted by Crippen LogP contribution is 2.16. The molecule has 0 atom stereocenters. The van der Waals surface area contributed by atoms with Crippen molar-refractivity contribution in [3.63, 3.8) is 0 Å². The number of benzene rings is 2. The summed E-state index contributed by atoms with van der Waals surface area (Å²) in [6, 6.07) is 8.57. The largest absolute Gasteiger partial charge is 0.409 e. The Labute approximate surface area is 118 Å². The first-order valence-corrected chi connectivity index (χ1v) is 5.85. The molecule has 0 radical (unpaired) electrons. The minimum Gasteiger partial charge on any atom is -0.409 e. The van der Waals surface area contributed by atoms with Crippen molar-refractivity contribution in [2.45, 2.75) is 0 Å². The summed E-state index contributed by atoms with van der Waals surface area (Å²) in [5.74, 6) is -2.05. The SMILES string of the molecule is NC(=NO)c1cc(NC(=O)c2ccc(F)cc2)ccc1F. The van der Waals surface area contributed by atoms with Gasteiger partial charge in [-0.05, 0) is 42.5 Å². The molecule has 21 heavy (non-hydrogen) atoms. The van der Waals surface area contributed by atoms with E-state index in [1.165, 1.54) is 24.3 Å². The standard InChI is InChI=1S/C14H11F2N3O2/c15-9-3-1-8(2-4-9)14(20)18-10-5-6-12(16)11(7-10)13(17)19-21/h1-7,21H,(H2,17,19)(H,18,20). The van der Waals surface area contributed by atoms with Crippen LogP contribution >= 0.6 is 0 Å². The van der Waals surface area contributed by atoms with E-state index in [0.717, 1.165) is 18.2 Å². The van der Waals surface area contributed by atoms with Crippen molar-refractivity contribution < 1.29 is 18.8 Å². The van der Waals surface area contributed by atoms with Crippen molar-refractivity contribution in [2.75, 3.05) is 5.32 Å². The highest BCUT2D eigenvalue weighted by atomic mass is 19.1. The topological polar surface area (TPSA) is 87.7 Å². The van der Waals surface area contributed by atoms with Crippen molar-refractivity contribution in [3.05, 3.63) is 65.2 Å². The van der Waals surface area contributed by atoms with Gasteiger partial charge in [-0.1, -0.05) is 5.16 Å². The second-order valence-corrected chi connectivity index (χ2v) is 4.14. The Morgan fingerprint density at radius 3 is 2.43 bits per heavy atom. The van der Waals surface area contributed by atoms with Gasteiger partial charge in [-0.2, -0.15) is 0 Å². The van der Waals surface area contributed by atoms with Gasteiger partial charge < -0.3 is 16.3 Å². The Balaban J connectivity index is 2.23. The molecule has 108 valence electrons. The Bertz CT molecular complexity index is 700. The number of oxime groups is 1. The molecular formula is C14H11F2N3O2. The molecular weight excluding hydrogens is 280 g/mol. The summed E-state index contributed by atoms with van der Waals surface area (Å²) in [6.07, 6.45) is 0. The number of amides is 1. The van der Waals surface area contributed by atoms with E-state index in [4.69, 9.17) is 10.9 Å². The van der Waals surface area contributed by atoms with Crippen LogP contribution in [0.1, 0.15) is 15.9 Å². The summed E-state index contributed by atoms with van der Waals surface area (Å²) in [7, 11) is 0. The van der Waals surface area contributed by atoms with Gasteiger partial charge in [0.1, 0.15) is 11.6 Å². The molecule has 0 heterocycles. The second kappa shape index (κ2) is 6.00. The van der Waals surface area contributed by atoms with Crippen molar-refractivity contribution in [2.24, 2.45) is 10.9 Å². The molecule has 0 spiro atoms. The summed E-state index contributed by atoms with van der Waals surface area (Å²) in [4.78, 5) is 11.9. The van der Waals surface area contributed by atoms with Crippen LogP contribution < -0.4 is 11.1 Å². The molecule has 0 fully saturated rings. The maximum absolute atomic E-state index is 13.5. The lowest BCUT2D eigenvalue weighted by Gasteiger charge is -2.08. The van der Waals surface area contributed by atoms with Crippen LogP contribution in [-0.4, -0.2) is 17.0 Å². The lowest BCUT2D eigenvalue weighted by atomic mass is 10.1. The highest BCUT2D eigenvalue weighted by Gasteiger charge is 2.11. The summed E-state index contributed by atoms with van der Waals surface area (Å²) in [6.45, 7) is 0. The van der Waals surface area contributed by atoms with Crippen LogP contribution in [0.15, 0.2) is 47.6 Å². The van der Waals surface area contributed by atoms with Crippen molar-refractivity contribution >= 4 is 17.4 Å². The Morgan fingerprint density at radius 2 is 1.81 bits per heavy atom. The molecule has 0 saturated carbocycles. The minimum atomic E-state index is -0.690. The van der Waals surface area contributed by atoms with Crippen LogP contribution in [0.25, 0.3) is 0 Å². The normalized spacial score (nSPS) is 11.2. The van der Waals surface area contributed by atoms with Gasteiger partial charge in [0, 0.05) is 11.3 Å². The van der Waals surface area contributed by atoms with Crippen LogP contribution in [-0.2, 0) is 0 Å². The molecule has 2 aromatic carbocycles. The smallest absolute Gasteiger partial charge is 0.255 e. The van der Waals surface area contributed by atoms with Crippen molar-refractivity contribution in [3.8, 4) is 0 Å². The average molecular weight is 291 g/mol. The van der Waals surface area contributed by atoms with Crippen LogP contribution in [0.3, 0.4) is 0 Å². The first-order valence-electron chi connectivity index (χ1n) is 5.85. The van der Waals surface area contributed by atoms with E-state index in [9.17, 15) is 13.6 Å². The molecule has 0 aliphatic carbocycles. The van der Waals surface area contributed by atoms with E-state index in [-0.39, 0.29) is 16.8 Å². The number of nitrogens with two attached hydrogens (primary N) is 1. The van der Waals surface area contributed by atoms with Crippen LogP contribution in [0, 0.1) is 11.6 Å². The number of carbonyl (C=O) groups is 1. The summed E-state index contributed by atoms with van der Waals surface area (Å²) in [5.41, 5.74) is 5.68. The molecule has 2 aromatic rings. The van der Waals surface area contributed by atoms with E-state index in [1.807, 2.05) is 0 Å². The van der Waals surface area contributed by atoms with E-state index in [0.29, 0.717) is 0 Å². The van der Waals surface area contributed by atoms with E-state index in [2.05, 4.69) is 10.5 Å². The monoisotopic (exact) mass is 291 g/mol. The number of rotatable bonds is 3. The first kappa shape index (κ1) is 14.4. The van der Waals surface area contributed by atoms with E-state index in [1.54, 1.807) is 0 Å². The summed E-state index contributed by atoms with van der Waals surface area (Å²) >= 11 is 0. The minimum absolute atomic E-state index is 0.144. The lowest BCUT2D eigenvalue weighted by molar-refractivity contribution is 0.102. The first-order chi connectivity index (χ1) is 10.0.